The van der Waals surface area contributed by atoms with Crippen LogP contribution >= 0.6 is 11.7 Å². The summed E-state index contributed by atoms with van der Waals surface area (Å²) in [7, 11) is 0. The number of nitrogens with zero attached hydrogens (tertiary/aromatic N) is 5. The van der Waals surface area contributed by atoms with Gasteiger partial charge in [-0.25, -0.2) is 0 Å². The Bertz CT molecular complexity index is 3960. The van der Waals surface area contributed by atoms with Gasteiger partial charge in [0.05, 0.1) is 40.1 Å². The molecule has 0 amide bonds. The van der Waals surface area contributed by atoms with E-state index in [1.165, 1.54) is 61.4 Å². The molecule has 0 aliphatic heterocycles. The molecule has 6 heteroatoms. The molecule has 0 aliphatic rings. The van der Waals surface area contributed by atoms with Crippen molar-refractivity contribution in [1.29, 1.82) is 5.26 Å². The van der Waals surface area contributed by atoms with Gasteiger partial charge in [0.2, 0.25) is 0 Å². The van der Waals surface area contributed by atoms with Crippen molar-refractivity contribution in [2.45, 2.75) is 52.4 Å². The number of anilines is 3. The molecule has 0 radical (unpaired) electrons. The summed E-state index contributed by atoms with van der Waals surface area (Å²) in [4.78, 5) is 2.27. The van der Waals surface area contributed by atoms with Crippen LogP contribution in [0, 0.1) is 11.3 Å². The van der Waals surface area contributed by atoms with Crippen molar-refractivity contribution in [3.05, 3.63) is 241 Å². The maximum atomic E-state index is 9.39. The van der Waals surface area contributed by atoms with E-state index in [9.17, 15) is 5.26 Å². The van der Waals surface area contributed by atoms with E-state index in [0.717, 1.165) is 72.6 Å². The van der Waals surface area contributed by atoms with Gasteiger partial charge in [0.1, 0.15) is 11.0 Å². The number of hydrogen-bond donors (Lipinski definition) is 0. The molecule has 0 atom stereocenters. The average molecular weight is 986 g/mol. The number of aromatic nitrogens is 3. The number of hydrogen-bond acceptors (Lipinski definition) is 5. The molecule has 362 valence electrons. The molecule has 0 aliphatic carbocycles. The lowest BCUT2D eigenvalue weighted by atomic mass is 9.86. The molecule has 0 fully saturated rings. The van der Waals surface area contributed by atoms with Crippen molar-refractivity contribution in [2.24, 2.45) is 0 Å². The number of nitriles is 1. The molecule has 0 N–H and O–H groups in total. The van der Waals surface area contributed by atoms with E-state index >= 15 is 0 Å². The second-order valence-electron chi connectivity index (χ2n) is 21.6. The summed E-state index contributed by atoms with van der Waals surface area (Å²) < 4.78 is 12.4. The van der Waals surface area contributed by atoms with Crippen LogP contribution in [0.4, 0.5) is 17.1 Å². The lowest BCUT2D eigenvalue weighted by Gasteiger charge is -2.26. The summed E-state index contributed by atoms with van der Waals surface area (Å²) in [5, 5.41) is 11.8. The van der Waals surface area contributed by atoms with E-state index < -0.39 is 0 Å². The Hall–Kier alpha value is -8.89. The number of benzene rings is 10. The predicted octanol–water partition coefficient (Wildman–Crippen LogP) is 19.1. The summed E-state index contributed by atoms with van der Waals surface area (Å²) in [5.74, 6) is 0. The molecule has 10 aromatic carbocycles. The molecule has 12 rings (SSSR count). The van der Waals surface area contributed by atoms with Crippen molar-refractivity contribution >= 4 is 61.6 Å². The molecule has 0 bridgehead atoms. The van der Waals surface area contributed by atoms with Crippen molar-refractivity contribution < 1.29 is 0 Å². The average Bonchev–Trinajstić information content (AvgIpc) is 4.07. The SMILES string of the molecule is CC(C)(C)c1ccc(-c2ccc3c(c2)c2cc(-c4ccc(C(C)(C)C)cc4)ccc2n3-c2ccc(-c3ccc(N(c4ccc(-c5ccccc5)cc4)c4ccc(-c5ccc(C#N)cc5)cc4)c4nsnc34)cc2)cc1. The number of fused-ring (bicyclic) bond motifs is 4. The monoisotopic (exact) mass is 985 g/mol. The molecule has 2 heterocycles. The van der Waals surface area contributed by atoms with Crippen LogP contribution in [0.15, 0.2) is 224 Å². The molecule has 0 saturated carbocycles. The third kappa shape index (κ3) is 8.96. The zero-order valence-electron chi connectivity index (χ0n) is 43.0. The van der Waals surface area contributed by atoms with Gasteiger partial charge in [-0.3, -0.25) is 0 Å². The van der Waals surface area contributed by atoms with Crippen LogP contribution in [0.1, 0.15) is 58.2 Å². The highest BCUT2D eigenvalue weighted by Crippen LogP contribution is 2.44. The first-order valence-electron chi connectivity index (χ1n) is 25.6. The molecule has 5 nitrogen and oxygen atoms in total. The Balaban J connectivity index is 0.930. The zero-order chi connectivity index (χ0) is 51.4. The van der Waals surface area contributed by atoms with E-state index in [0.29, 0.717) is 5.56 Å². The second-order valence-corrected chi connectivity index (χ2v) is 22.1. The van der Waals surface area contributed by atoms with Gasteiger partial charge >= 0.3 is 0 Å². The second kappa shape index (κ2) is 18.9. The summed E-state index contributed by atoms with van der Waals surface area (Å²) in [5.41, 5.74) is 22.8. The van der Waals surface area contributed by atoms with Gasteiger partial charge in [0, 0.05) is 33.4 Å². The minimum Gasteiger partial charge on any atom is -0.309 e. The van der Waals surface area contributed by atoms with E-state index in [-0.39, 0.29) is 10.8 Å². The topological polar surface area (TPSA) is 57.7 Å². The third-order valence-electron chi connectivity index (χ3n) is 14.7. The quantitative estimate of drug-likeness (QED) is 0.145. The molecule has 12 aromatic rings. The fourth-order valence-electron chi connectivity index (χ4n) is 10.4. The van der Waals surface area contributed by atoms with Crippen LogP contribution in [0.25, 0.3) is 94.2 Å². The van der Waals surface area contributed by atoms with Gasteiger partial charge in [0.25, 0.3) is 0 Å². The number of rotatable bonds is 9. The minimum atomic E-state index is 0.0844. The highest BCUT2D eigenvalue weighted by atomic mass is 32.1. The summed E-state index contributed by atoms with van der Waals surface area (Å²) >= 11 is 1.24. The Morgan fingerprint density at radius 2 is 0.827 bits per heavy atom. The lowest BCUT2D eigenvalue weighted by molar-refractivity contribution is 0.590. The van der Waals surface area contributed by atoms with Crippen molar-refractivity contribution in [2.75, 3.05) is 4.90 Å². The van der Waals surface area contributed by atoms with Gasteiger partial charge in [-0.05, 0) is 157 Å². The first-order valence-corrected chi connectivity index (χ1v) is 26.3. The largest absolute Gasteiger partial charge is 0.309 e. The van der Waals surface area contributed by atoms with Gasteiger partial charge in [-0.15, -0.1) is 0 Å². The Labute approximate surface area is 443 Å². The van der Waals surface area contributed by atoms with Crippen LogP contribution < -0.4 is 4.90 Å². The smallest absolute Gasteiger partial charge is 0.129 e. The fraction of sp³-hybridized carbons (Fsp3) is 0.116. The van der Waals surface area contributed by atoms with E-state index in [4.69, 9.17) is 8.75 Å². The van der Waals surface area contributed by atoms with Crippen molar-refractivity contribution in [1.82, 2.24) is 13.3 Å². The third-order valence-corrected chi connectivity index (χ3v) is 15.2. The zero-order valence-corrected chi connectivity index (χ0v) is 43.8. The van der Waals surface area contributed by atoms with E-state index in [1.807, 2.05) is 30.3 Å². The molecule has 75 heavy (non-hydrogen) atoms. The Kier molecular flexibility index (Phi) is 11.9. The molecule has 2 aromatic heterocycles. The van der Waals surface area contributed by atoms with Gasteiger partial charge < -0.3 is 9.47 Å². The lowest BCUT2D eigenvalue weighted by Crippen LogP contribution is -2.10. The van der Waals surface area contributed by atoms with Gasteiger partial charge in [0.15, 0.2) is 0 Å². The molecular formula is C69H55N5S. The Morgan fingerprint density at radius 3 is 1.31 bits per heavy atom. The standard InChI is InChI=1S/C69H55N5S/c1-68(2,3)55-28-16-50(17-29-55)53-26-39-63-61(42-53)62-43-54(51-18-30-56(31-19-51)69(4,5)6)27-40-64(62)74(63)59-36-24-52(25-37-59)60-38-41-65(67-66(60)71-75-72-67)73(57-32-20-48(21-33-57)46-10-8-7-9-11-46)58-34-22-49(23-35-58)47-14-12-45(44-70)13-15-47/h7-43H,1-6H3. The van der Waals surface area contributed by atoms with E-state index in [2.05, 4.69) is 251 Å². The van der Waals surface area contributed by atoms with Crippen molar-refractivity contribution in [3.8, 4) is 67.4 Å². The van der Waals surface area contributed by atoms with Gasteiger partial charge in [-0.2, -0.15) is 14.0 Å². The normalized spacial score (nSPS) is 11.9. The first-order chi connectivity index (χ1) is 36.4. The fourth-order valence-corrected chi connectivity index (χ4v) is 11.0. The Morgan fingerprint density at radius 1 is 0.413 bits per heavy atom. The molecule has 0 unspecified atom stereocenters. The molecule has 0 saturated heterocycles. The summed E-state index contributed by atoms with van der Waals surface area (Å²) in [6.45, 7) is 13.6. The highest BCUT2D eigenvalue weighted by Gasteiger charge is 2.22. The van der Waals surface area contributed by atoms with Crippen LogP contribution in [0.2, 0.25) is 0 Å². The predicted molar refractivity (Wildman–Crippen MR) is 316 cm³/mol. The van der Waals surface area contributed by atoms with Crippen LogP contribution in [0.3, 0.4) is 0 Å². The molecular weight excluding hydrogens is 931 g/mol. The highest BCUT2D eigenvalue weighted by molar-refractivity contribution is 7.00. The summed E-state index contributed by atoms with van der Waals surface area (Å²) in [6.07, 6.45) is 0. The maximum absolute atomic E-state index is 9.39. The first kappa shape index (κ1) is 47.1. The maximum Gasteiger partial charge on any atom is 0.129 e. The van der Waals surface area contributed by atoms with Crippen LogP contribution in [-0.4, -0.2) is 13.3 Å². The summed E-state index contributed by atoms with van der Waals surface area (Å²) in [6, 6.07) is 83.0. The minimum absolute atomic E-state index is 0.0844. The van der Waals surface area contributed by atoms with Gasteiger partial charge in [-0.1, -0.05) is 181 Å². The van der Waals surface area contributed by atoms with E-state index in [1.54, 1.807) is 0 Å². The van der Waals surface area contributed by atoms with Crippen LogP contribution in [0.5, 0.6) is 0 Å². The van der Waals surface area contributed by atoms with Crippen LogP contribution in [-0.2, 0) is 10.8 Å². The van der Waals surface area contributed by atoms with Crippen molar-refractivity contribution in [3.63, 3.8) is 0 Å². The molecule has 0 spiro atoms.